The van der Waals surface area contributed by atoms with E-state index in [1.54, 1.807) is 19.4 Å². The summed E-state index contributed by atoms with van der Waals surface area (Å²) in [5.74, 6) is 2.03. The average Bonchev–Trinajstić information content (AvgIpc) is 3.23. The van der Waals surface area contributed by atoms with Crippen LogP contribution >= 0.6 is 11.6 Å². The van der Waals surface area contributed by atoms with Gasteiger partial charge >= 0.3 is 0 Å². The smallest absolute Gasteiger partial charge is 0.207 e. The molecule has 2 aromatic rings. The first-order chi connectivity index (χ1) is 13.3. The Hall–Kier alpha value is -1.92. The van der Waals surface area contributed by atoms with Crippen LogP contribution in [0.1, 0.15) is 33.6 Å². The summed E-state index contributed by atoms with van der Waals surface area (Å²) < 4.78 is 4.94. The molecule has 1 amide bonds. The molecule has 28 heavy (non-hydrogen) atoms. The van der Waals surface area contributed by atoms with E-state index in [9.17, 15) is 4.79 Å². The van der Waals surface area contributed by atoms with E-state index in [-0.39, 0.29) is 11.6 Å². The maximum Gasteiger partial charge on any atom is 0.207 e. The first kappa shape index (κ1) is 20.8. The number of hydrogen-bond donors (Lipinski definition) is 1. The van der Waals surface area contributed by atoms with E-state index in [0.29, 0.717) is 17.0 Å². The van der Waals surface area contributed by atoms with Crippen molar-refractivity contribution >= 4 is 34.7 Å². The van der Waals surface area contributed by atoms with Crippen molar-refractivity contribution in [2.75, 3.05) is 25.1 Å². The highest BCUT2D eigenvalue weighted by atomic mass is 35.5. The highest BCUT2D eigenvalue weighted by Crippen LogP contribution is 2.41. The molecule has 2 aliphatic rings. The number of amides is 1. The van der Waals surface area contributed by atoms with Crippen LogP contribution in [0.5, 0.6) is 0 Å². The van der Waals surface area contributed by atoms with Crippen LogP contribution in [0.2, 0.25) is 5.15 Å². The van der Waals surface area contributed by atoms with Gasteiger partial charge in [-0.05, 0) is 51.7 Å². The van der Waals surface area contributed by atoms with Crippen molar-refractivity contribution < 1.29 is 9.53 Å². The first-order valence-electron chi connectivity index (χ1n) is 9.73. The lowest BCUT2D eigenvalue weighted by Gasteiger charge is -2.22. The maximum atomic E-state index is 10.8. The molecule has 1 saturated heterocycles. The normalized spacial score (nSPS) is 23.9. The minimum Gasteiger partial charge on any atom is -0.379 e. The van der Waals surface area contributed by atoms with Gasteiger partial charge in [0, 0.05) is 49.8 Å². The van der Waals surface area contributed by atoms with E-state index in [1.165, 1.54) is 0 Å². The predicted octanol–water partition coefficient (Wildman–Crippen LogP) is 3.68. The molecular formula is C21H29ClN4O2. The minimum atomic E-state index is 0.0417. The van der Waals surface area contributed by atoms with Crippen LogP contribution in [0, 0.1) is 11.8 Å². The number of fused-ring (bicyclic) bond motifs is 2. The third kappa shape index (κ3) is 4.73. The third-order valence-corrected chi connectivity index (χ3v) is 5.79. The summed E-state index contributed by atoms with van der Waals surface area (Å²) in [6, 6.07) is 6.05. The second kappa shape index (κ2) is 8.62. The van der Waals surface area contributed by atoms with Gasteiger partial charge in [-0.3, -0.25) is 9.78 Å². The maximum absolute atomic E-state index is 10.8. The number of methoxy groups -OCH3 is 1. The van der Waals surface area contributed by atoms with Crippen LogP contribution in [0.15, 0.2) is 24.4 Å². The molecule has 3 unspecified atom stereocenters. The summed E-state index contributed by atoms with van der Waals surface area (Å²) in [6.45, 7) is 7.94. The fourth-order valence-corrected chi connectivity index (χ4v) is 4.19. The molecule has 6 nitrogen and oxygen atoms in total. The summed E-state index contributed by atoms with van der Waals surface area (Å²) in [6.07, 6.45) is 4.83. The van der Waals surface area contributed by atoms with Gasteiger partial charge in [-0.25, -0.2) is 4.98 Å². The number of carbonyl (C=O) groups excluding carboxylic acids is 1. The zero-order chi connectivity index (χ0) is 20.3. The number of anilines is 1. The van der Waals surface area contributed by atoms with E-state index < -0.39 is 0 Å². The van der Waals surface area contributed by atoms with Gasteiger partial charge in [0.15, 0.2) is 0 Å². The molecule has 3 atom stereocenters. The van der Waals surface area contributed by atoms with Gasteiger partial charge < -0.3 is 15.0 Å². The zero-order valence-corrected chi connectivity index (χ0v) is 17.7. The fourth-order valence-electron chi connectivity index (χ4n) is 4.00. The molecule has 152 valence electrons. The first-order valence-corrected chi connectivity index (χ1v) is 10.1. The van der Waals surface area contributed by atoms with Crippen molar-refractivity contribution in [2.45, 2.75) is 45.3 Å². The Morgan fingerprint density at radius 3 is 2.75 bits per heavy atom. The summed E-state index contributed by atoms with van der Waals surface area (Å²) in [7, 11) is 1.71. The Morgan fingerprint density at radius 2 is 2.07 bits per heavy atom. The number of hydrogen-bond acceptors (Lipinski definition) is 5. The predicted molar refractivity (Wildman–Crippen MR) is 113 cm³/mol. The van der Waals surface area contributed by atoms with Crippen molar-refractivity contribution in [1.29, 1.82) is 0 Å². The van der Waals surface area contributed by atoms with Crippen LogP contribution in [-0.2, 0) is 9.53 Å². The van der Waals surface area contributed by atoms with Gasteiger partial charge in [-0.15, -0.1) is 0 Å². The molecule has 0 radical (unpaired) electrons. The van der Waals surface area contributed by atoms with Crippen LogP contribution in [0.3, 0.4) is 0 Å². The third-order valence-electron chi connectivity index (χ3n) is 5.60. The van der Waals surface area contributed by atoms with Gasteiger partial charge in [0.1, 0.15) is 11.0 Å². The van der Waals surface area contributed by atoms with Crippen molar-refractivity contribution in [3.05, 3.63) is 29.5 Å². The highest BCUT2D eigenvalue weighted by molar-refractivity contribution is 6.30. The number of rotatable bonds is 3. The number of nitrogens with zero attached hydrogens (tertiary/aromatic N) is 3. The van der Waals surface area contributed by atoms with Gasteiger partial charge in [0.25, 0.3) is 0 Å². The molecule has 0 aromatic carbocycles. The lowest BCUT2D eigenvalue weighted by atomic mass is 9.98. The van der Waals surface area contributed by atoms with Crippen LogP contribution in [-0.4, -0.2) is 48.2 Å². The standard InChI is InChI=1S/C16H17ClN4O.C5H12O/c17-15-6-14-11(2-1-5-18-14)16(20-15)21-7-10-3-4-13(19-9-22)12(10)8-21;1-5(2,3)6-4/h1-2,5-6,9-10,12-13H,3-4,7-8H2,(H,19,22);1-4H3. The SMILES string of the molecule is COC(C)(C)C.O=CNC1CCC2CN(c3nc(Cl)cc4ncccc34)CC21. The number of pyridine rings is 2. The van der Waals surface area contributed by atoms with Crippen LogP contribution < -0.4 is 10.2 Å². The van der Waals surface area contributed by atoms with Gasteiger partial charge in [-0.1, -0.05) is 11.6 Å². The van der Waals surface area contributed by atoms with E-state index in [0.717, 1.165) is 49.1 Å². The quantitative estimate of drug-likeness (QED) is 0.624. The molecule has 7 heteroatoms. The molecule has 2 fully saturated rings. The second-order valence-corrected chi connectivity index (χ2v) is 8.84. The minimum absolute atomic E-state index is 0.0417. The van der Waals surface area contributed by atoms with Crippen molar-refractivity contribution in [3.63, 3.8) is 0 Å². The Kier molecular flexibility index (Phi) is 6.40. The van der Waals surface area contributed by atoms with E-state index in [4.69, 9.17) is 16.3 Å². The molecular weight excluding hydrogens is 376 g/mol. The summed E-state index contributed by atoms with van der Waals surface area (Å²) in [4.78, 5) is 22.0. The summed E-state index contributed by atoms with van der Waals surface area (Å²) in [5, 5.41) is 4.48. The molecule has 1 aliphatic heterocycles. The Bertz CT molecular complexity index is 824. The van der Waals surface area contributed by atoms with E-state index in [2.05, 4.69) is 20.2 Å². The number of carbonyl (C=O) groups is 1. The molecule has 1 N–H and O–H groups in total. The molecule has 2 aromatic heterocycles. The zero-order valence-electron chi connectivity index (χ0n) is 17.0. The summed E-state index contributed by atoms with van der Waals surface area (Å²) in [5.41, 5.74) is 0.914. The van der Waals surface area contributed by atoms with Crippen molar-refractivity contribution in [2.24, 2.45) is 11.8 Å². The summed E-state index contributed by atoms with van der Waals surface area (Å²) >= 11 is 6.16. The van der Waals surface area contributed by atoms with Crippen molar-refractivity contribution in [3.8, 4) is 0 Å². The molecule has 0 bridgehead atoms. The molecule has 1 saturated carbocycles. The van der Waals surface area contributed by atoms with Gasteiger partial charge in [0.05, 0.1) is 11.1 Å². The number of ether oxygens (including phenoxy) is 1. The van der Waals surface area contributed by atoms with Gasteiger partial charge in [0.2, 0.25) is 6.41 Å². The lowest BCUT2D eigenvalue weighted by molar-refractivity contribution is -0.110. The van der Waals surface area contributed by atoms with E-state index >= 15 is 0 Å². The van der Waals surface area contributed by atoms with Gasteiger partial charge in [-0.2, -0.15) is 0 Å². The topological polar surface area (TPSA) is 67.3 Å². The number of aromatic nitrogens is 2. The van der Waals surface area contributed by atoms with Crippen LogP contribution in [0.25, 0.3) is 10.9 Å². The number of nitrogens with one attached hydrogen (secondary N) is 1. The Labute approximate surface area is 171 Å². The number of halogens is 1. The Balaban J connectivity index is 0.000000330. The highest BCUT2D eigenvalue weighted by Gasteiger charge is 2.43. The monoisotopic (exact) mass is 404 g/mol. The average molecular weight is 405 g/mol. The largest absolute Gasteiger partial charge is 0.379 e. The lowest BCUT2D eigenvalue weighted by Crippen LogP contribution is -2.35. The van der Waals surface area contributed by atoms with E-state index in [1.807, 2.05) is 32.9 Å². The molecule has 0 spiro atoms. The molecule has 1 aliphatic carbocycles. The molecule has 3 heterocycles. The molecule has 4 rings (SSSR count). The second-order valence-electron chi connectivity index (χ2n) is 8.45. The van der Waals surface area contributed by atoms with Crippen LogP contribution in [0.4, 0.5) is 5.82 Å². The Morgan fingerprint density at radius 1 is 1.32 bits per heavy atom. The fraction of sp³-hybridized carbons (Fsp3) is 0.571. The van der Waals surface area contributed by atoms with Crippen molar-refractivity contribution in [1.82, 2.24) is 15.3 Å².